The highest BCUT2D eigenvalue weighted by molar-refractivity contribution is 7.99. The second-order valence-corrected chi connectivity index (χ2v) is 14.5. The molecule has 0 spiro atoms. The molecule has 0 unspecified atom stereocenters. The standard InChI is InChI=1S/C29H31F2N7O7S2/c1-16-12-23(36-35-16)32-26-25(44-4)27(37-10-11-45-15-17(37)14-39)34-28(33-26)46-22-9-8-18(13-20(22)30)47(42,43)29(2,3)19-6-5-7-21(24(19)31)38(40)41/h5-9,12-13,17,39H,10-11,14-15H2,1-4H3,(H2,32,33,34,35,36)/t17-/m0/s1. The van der Waals surface area contributed by atoms with Gasteiger partial charge in [0.2, 0.25) is 11.6 Å². The quantitative estimate of drug-likeness (QED) is 0.114. The van der Waals surface area contributed by atoms with E-state index in [0.717, 1.165) is 41.7 Å². The average Bonchev–Trinajstić information content (AvgIpc) is 3.45. The van der Waals surface area contributed by atoms with E-state index in [1.54, 1.807) is 11.0 Å². The van der Waals surface area contributed by atoms with Gasteiger partial charge in [0.05, 0.1) is 52.4 Å². The Labute approximate surface area is 272 Å². The molecule has 3 N–H and O–H groups in total. The van der Waals surface area contributed by atoms with Crippen molar-refractivity contribution in [3.63, 3.8) is 0 Å². The lowest BCUT2D eigenvalue weighted by Crippen LogP contribution is -2.48. The lowest BCUT2D eigenvalue weighted by atomic mass is 10.0. The van der Waals surface area contributed by atoms with E-state index in [0.29, 0.717) is 24.8 Å². The van der Waals surface area contributed by atoms with E-state index in [-0.39, 0.29) is 34.8 Å². The molecule has 1 atom stereocenters. The number of aryl methyl sites for hydroxylation is 1. The van der Waals surface area contributed by atoms with E-state index in [4.69, 9.17) is 9.47 Å². The van der Waals surface area contributed by atoms with Gasteiger partial charge in [0.1, 0.15) is 5.82 Å². The number of aromatic amines is 1. The van der Waals surface area contributed by atoms with Crippen molar-refractivity contribution < 1.29 is 36.7 Å². The lowest BCUT2D eigenvalue weighted by molar-refractivity contribution is -0.387. The minimum absolute atomic E-state index is 0.0262. The number of nitrogens with one attached hydrogen (secondary N) is 2. The molecule has 0 amide bonds. The SMILES string of the molecule is COc1c(Nc2cc(C)[nH]n2)nc(Sc2ccc(S(=O)(=O)C(C)(C)c3cccc([N+](=O)[O-])c3F)cc2F)nc1N1CCOC[C@@H]1CO. The number of anilines is 3. The molecule has 5 rings (SSSR count). The van der Waals surface area contributed by atoms with Crippen LogP contribution in [0.2, 0.25) is 0 Å². The second kappa shape index (κ2) is 13.4. The molecule has 47 heavy (non-hydrogen) atoms. The van der Waals surface area contributed by atoms with Gasteiger partial charge in [-0.25, -0.2) is 22.8 Å². The number of hydrogen-bond donors (Lipinski definition) is 3. The van der Waals surface area contributed by atoms with Crippen molar-refractivity contribution >= 4 is 44.7 Å². The number of rotatable bonds is 11. The summed E-state index contributed by atoms with van der Waals surface area (Å²) in [5.41, 5.74) is -0.528. The van der Waals surface area contributed by atoms with Gasteiger partial charge >= 0.3 is 5.69 Å². The Kier molecular flexibility index (Phi) is 9.67. The fourth-order valence-corrected chi connectivity index (χ4v) is 7.32. The van der Waals surface area contributed by atoms with Crippen LogP contribution in [0, 0.1) is 28.7 Å². The molecule has 2 aromatic heterocycles. The molecule has 3 heterocycles. The number of aliphatic hydroxyl groups excluding tert-OH is 1. The Bertz CT molecular complexity index is 1920. The number of nitro benzene ring substituents is 1. The maximum Gasteiger partial charge on any atom is 0.305 e. The Hall–Kier alpha value is -4.39. The van der Waals surface area contributed by atoms with Gasteiger partial charge in [-0.15, -0.1) is 0 Å². The predicted octanol–water partition coefficient (Wildman–Crippen LogP) is 4.50. The molecule has 4 aromatic rings. The number of aliphatic hydroxyl groups is 1. The van der Waals surface area contributed by atoms with Crippen molar-refractivity contribution in [3.05, 3.63) is 75.5 Å². The van der Waals surface area contributed by atoms with Gasteiger partial charge in [0.15, 0.2) is 32.4 Å². The van der Waals surface area contributed by atoms with Gasteiger partial charge in [-0.2, -0.15) is 9.49 Å². The molecule has 1 fully saturated rings. The molecule has 0 bridgehead atoms. The monoisotopic (exact) mass is 691 g/mol. The van der Waals surface area contributed by atoms with E-state index in [2.05, 4.69) is 25.5 Å². The first-order valence-corrected chi connectivity index (χ1v) is 16.4. The summed E-state index contributed by atoms with van der Waals surface area (Å²) in [5.74, 6) is -1.04. The Morgan fingerprint density at radius 3 is 2.66 bits per heavy atom. The summed E-state index contributed by atoms with van der Waals surface area (Å²) >= 11 is 0.810. The fraction of sp³-hybridized carbons (Fsp3) is 0.345. The van der Waals surface area contributed by atoms with Gasteiger partial charge in [-0.3, -0.25) is 15.2 Å². The third-order valence-corrected chi connectivity index (χ3v) is 11.0. The number of benzene rings is 2. The van der Waals surface area contributed by atoms with Gasteiger partial charge in [-0.1, -0.05) is 12.1 Å². The Morgan fingerprint density at radius 2 is 2.02 bits per heavy atom. The number of sulfone groups is 1. The fourth-order valence-electron chi connectivity index (χ4n) is 5.01. The number of halogens is 2. The molecule has 18 heteroatoms. The molecule has 2 aromatic carbocycles. The second-order valence-electron chi connectivity index (χ2n) is 11.0. The smallest absolute Gasteiger partial charge is 0.305 e. The Balaban J connectivity index is 1.52. The highest BCUT2D eigenvalue weighted by atomic mass is 32.2. The predicted molar refractivity (Wildman–Crippen MR) is 168 cm³/mol. The van der Waals surface area contributed by atoms with E-state index >= 15 is 8.78 Å². The van der Waals surface area contributed by atoms with Crippen molar-refractivity contribution in [2.45, 2.75) is 46.5 Å². The van der Waals surface area contributed by atoms with Crippen LogP contribution in [0.1, 0.15) is 25.1 Å². The van der Waals surface area contributed by atoms with Crippen LogP contribution >= 0.6 is 11.8 Å². The molecular weight excluding hydrogens is 660 g/mol. The zero-order chi connectivity index (χ0) is 34.1. The topological polar surface area (TPSA) is 186 Å². The third kappa shape index (κ3) is 6.58. The maximum atomic E-state index is 15.7. The van der Waals surface area contributed by atoms with E-state index in [1.165, 1.54) is 33.1 Å². The number of methoxy groups -OCH3 is 1. The molecule has 0 saturated carbocycles. The molecule has 250 valence electrons. The summed E-state index contributed by atoms with van der Waals surface area (Å²) in [5, 5.41) is 31.4. The van der Waals surface area contributed by atoms with Crippen LogP contribution < -0.4 is 15.0 Å². The molecular formula is C29H31F2N7O7S2. The zero-order valence-electron chi connectivity index (χ0n) is 25.7. The number of H-pyrrole nitrogens is 1. The summed E-state index contributed by atoms with van der Waals surface area (Å²) in [6, 6.07) is 7.74. The van der Waals surface area contributed by atoms with Crippen molar-refractivity contribution in [3.8, 4) is 5.75 Å². The van der Waals surface area contributed by atoms with Crippen molar-refractivity contribution in [1.82, 2.24) is 20.2 Å². The van der Waals surface area contributed by atoms with Crippen LogP contribution in [0.15, 0.2) is 57.4 Å². The number of nitrogens with zero attached hydrogens (tertiary/aromatic N) is 5. The van der Waals surface area contributed by atoms with Gasteiger partial charge in [0.25, 0.3) is 0 Å². The van der Waals surface area contributed by atoms with Gasteiger partial charge in [0, 0.05) is 29.9 Å². The lowest BCUT2D eigenvalue weighted by Gasteiger charge is -2.36. The van der Waals surface area contributed by atoms with Crippen LogP contribution in [0.5, 0.6) is 5.75 Å². The molecule has 0 aliphatic carbocycles. The first kappa shape index (κ1) is 34.0. The molecule has 0 radical (unpaired) electrons. The third-order valence-electron chi connectivity index (χ3n) is 7.60. The first-order valence-electron chi connectivity index (χ1n) is 14.1. The van der Waals surface area contributed by atoms with E-state index in [9.17, 15) is 23.6 Å². The number of aromatic nitrogens is 4. The molecule has 1 aliphatic heterocycles. The minimum atomic E-state index is -4.47. The highest BCUT2D eigenvalue weighted by Gasteiger charge is 2.41. The minimum Gasteiger partial charge on any atom is -0.490 e. The molecule has 14 nitrogen and oxygen atoms in total. The van der Waals surface area contributed by atoms with Crippen LogP contribution in [-0.2, 0) is 19.3 Å². The summed E-state index contributed by atoms with van der Waals surface area (Å²) in [7, 11) is -3.03. The van der Waals surface area contributed by atoms with Crippen LogP contribution in [0.4, 0.5) is 31.9 Å². The van der Waals surface area contributed by atoms with Gasteiger partial charge < -0.3 is 24.8 Å². The largest absolute Gasteiger partial charge is 0.490 e. The average molecular weight is 692 g/mol. The first-order chi connectivity index (χ1) is 22.3. The van der Waals surface area contributed by atoms with E-state index < -0.39 is 53.3 Å². The normalized spacial score (nSPS) is 15.5. The number of ether oxygens (including phenoxy) is 2. The number of hydrogen-bond acceptors (Lipinski definition) is 13. The maximum absolute atomic E-state index is 15.7. The van der Waals surface area contributed by atoms with Gasteiger partial charge in [-0.05, 0) is 50.7 Å². The van der Waals surface area contributed by atoms with E-state index in [1.807, 2.05) is 6.92 Å². The summed E-state index contributed by atoms with van der Waals surface area (Å²) in [6.07, 6.45) is 0. The summed E-state index contributed by atoms with van der Waals surface area (Å²) < 4.78 is 67.3. The van der Waals surface area contributed by atoms with Crippen LogP contribution in [-0.4, -0.2) is 78.1 Å². The van der Waals surface area contributed by atoms with Crippen molar-refractivity contribution in [2.24, 2.45) is 0 Å². The molecule has 1 aliphatic rings. The number of nitro groups is 1. The Morgan fingerprint density at radius 1 is 1.26 bits per heavy atom. The van der Waals surface area contributed by atoms with Crippen LogP contribution in [0.3, 0.4) is 0 Å². The van der Waals surface area contributed by atoms with Crippen molar-refractivity contribution in [1.29, 1.82) is 0 Å². The molecule has 1 saturated heterocycles. The highest BCUT2D eigenvalue weighted by Crippen LogP contribution is 2.42. The zero-order valence-corrected chi connectivity index (χ0v) is 27.3. The van der Waals surface area contributed by atoms with Crippen molar-refractivity contribution in [2.75, 3.05) is 43.7 Å². The summed E-state index contributed by atoms with van der Waals surface area (Å²) in [4.78, 5) is 20.8. The van der Waals surface area contributed by atoms with Crippen LogP contribution in [0.25, 0.3) is 0 Å². The number of morpholine rings is 1. The summed E-state index contributed by atoms with van der Waals surface area (Å²) in [6.45, 7) is 4.92.